The van der Waals surface area contributed by atoms with E-state index < -0.39 is 0 Å². The molecule has 1 saturated heterocycles. The Morgan fingerprint density at radius 3 is 2.42 bits per heavy atom. The molecule has 0 spiro atoms. The molecule has 1 fully saturated rings. The van der Waals surface area contributed by atoms with Gasteiger partial charge in [-0.2, -0.15) is 0 Å². The molecule has 2 rings (SSSR count). The van der Waals surface area contributed by atoms with E-state index in [4.69, 9.17) is 16.3 Å². The van der Waals surface area contributed by atoms with Crippen LogP contribution >= 0.6 is 11.6 Å². The van der Waals surface area contributed by atoms with Crippen molar-refractivity contribution in [2.45, 2.75) is 32.7 Å². The maximum Gasteiger partial charge on any atom is 0.254 e. The molecule has 1 aromatic carbocycles. The monoisotopic (exact) mass is 352 g/mol. The van der Waals surface area contributed by atoms with Crippen molar-refractivity contribution in [3.05, 3.63) is 34.9 Å². The summed E-state index contributed by atoms with van der Waals surface area (Å²) < 4.78 is 5.25. The highest BCUT2D eigenvalue weighted by Crippen LogP contribution is 2.20. The average molecular weight is 353 g/mol. The van der Waals surface area contributed by atoms with Crippen molar-refractivity contribution in [3.8, 4) is 0 Å². The van der Waals surface area contributed by atoms with E-state index in [1.54, 1.807) is 31.4 Å². The predicted octanol–water partition coefficient (Wildman–Crippen LogP) is 3.55. The standard InChI is InChI=1S/C19H29ClN2O2/c1-15(2)18(14-21-10-4-5-11-21)22(12-13-24-3)19(23)16-6-8-17(20)9-7-16/h6-9,15,18H,4-5,10-14H2,1-3H3. The summed E-state index contributed by atoms with van der Waals surface area (Å²) in [6.07, 6.45) is 2.52. The quantitative estimate of drug-likeness (QED) is 0.717. The number of nitrogens with zero attached hydrogens (tertiary/aromatic N) is 2. The van der Waals surface area contributed by atoms with Gasteiger partial charge in [0.1, 0.15) is 0 Å². The molecule has 0 aliphatic carbocycles. The molecule has 1 amide bonds. The van der Waals surface area contributed by atoms with Crippen LogP contribution in [0, 0.1) is 5.92 Å². The van der Waals surface area contributed by atoms with Crippen LogP contribution < -0.4 is 0 Å². The number of halogens is 1. The van der Waals surface area contributed by atoms with Gasteiger partial charge in [0.15, 0.2) is 0 Å². The van der Waals surface area contributed by atoms with Crippen LogP contribution in [0.15, 0.2) is 24.3 Å². The number of ether oxygens (including phenoxy) is 1. The minimum atomic E-state index is 0.0570. The third-order valence-electron chi connectivity index (χ3n) is 4.70. The number of amides is 1. The van der Waals surface area contributed by atoms with Gasteiger partial charge in [0.25, 0.3) is 5.91 Å². The highest BCUT2D eigenvalue weighted by Gasteiger charge is 2.29. The number of likely N-dealkylation sites (tertiary alicyclic amines) is 1. The van der Waals surface area contributed by atoms with Crippen LogP contribution in [0.25, 0.3) is 0 Å². The van der Waals surface area contributed by atoms with Gasteiger partial charge >= 0.3 is 0 Å². The number of methoxy groups -OCH3 is 1. The van der Waals surface area contributed by atoms with Crippen LogP contribution in [0.1, 0.15) is 37.0 Å². The van der Waals surface area contributed by atoms with Crippen LogP contribution in [-0.4, -0.2) is 61.6 Å². The first-order chi connectivity index (χ1) is 11.5. The van der Waals surface area contributed by atoms with Gasteiger partial charge in [0.2, 0.25) is 0 Å². The number of benzene rings is 1. The highest BCUT2D eigenvalue weighted by molar-refractivity contribution is 6.30. The summed E-state index contributed by atoms with van der Waals surface area (Å²) in [7, 11) is 1.68. The van der Waals surface area contributed by atoms with E-state index in [2.05, 4.69) is 18.7 Å². The van der Waals surface area contributed by atoms with Crippen molar-refractivity contribution in [2.24, 2.45) is 5.92 Å². The first kappa shape index (κ1) is 19.2. The van der Waals surface area contributed by atoms with Gasteiger partial charge in [-0.3, -0.25) is 4.79 Å². The van der Waals surface area contributed by atoms with E-state index in [-0.39, 0.29) is 11.9 Å². The molecule has 0 aromatic heterocycles. The molecule has 1 aliphatic heterocycles. The van der Waals surface area contributed by atoms with Gasteiger partial charge in [-0.15, -0.1) is 0 Å². The highest BCUT2D eigenvalue weighted by atomic mass is 35.5. The summed E-state index contributed by atoms with van der Waals surface area (Å²) in [6.45, 7) is 8.73. The number of carbonyl (C=O) groups is 1. The molecule has 0 N–H and O–H groups in total. The summed E-state index contributed by atoms with van der Waals surface area (Å²) in [5, 5.41) is 0.646. The summed E-state index contributed by atoms with van der Waals surface area (Å²) in [4.78, 5) is 17.5. The van der Waals surface area contributed by atoms with Gasteiger partial charge in [-0.25, -0.2) is 0 Å². The molecule has 5 heteroatoms. The molecular weight excluding hydrogens is 324 g/mol. The van der Waals surface area contributed by atoms with Crippen molar-refractivity contribution < 1.29 is 9.53 Å². The first-order valence-corrected chi connectivity index (χ1v) is 9.18. The van der Waals surface area contributed by atoms with Crippen molar-refractivity contribution in [3.63, 3.8) is 0 Å². The van der Waals surface area contributed by atoms with Gasteiger partial charge in [-0.05, 0) is 56.1 Å². The summed E-state index contributed by atoms with van der Waals surface area (Å²) >= 11 is 5.95. The average Bonchev–Trinajstić information content (AvgIpc) is 3.07. The Labute approximate surface area is 150 Å². The Bertz CT molecular complexity index is 513. The normalized spacial score (nSPS) is 16.5. The molecule has 0 radical (unpaired) electrons. The predicted molar refractivity (Wildman–Crippen MR) is 98.7 cm³/mol. The molecule has 1 heterocycles. The SMILES string of the molecule is COCCN(C(=O)c1ccc(Cl)cc1)C(CN1CCCC1)C(C)C. The smallest absolute Gasteiger partial charge is 0.254 e. The lowest BCUT2D eigenvalue weighted by atomic mass is 10.0. The Morgan fingerprint density at radius 2 is 1.88 bits per heavy atom. The molecule has 1 unspecified atom stereocenters. The zero-order valence-electron chi connectivity index (χ0n) is 15.0. The van der Waals surface area contributed by atoms with Crippen molar-refractivity contribution >= 4 is 17.5 Å². The number of hydrogen-bond acceptors (Lipinski definition) is 3. The fraction of sp³-hybridized carbons (Fsp3) is 0.632. The summed E-state index contributed by atoms with van der Waals surface area (Å²) in [5.74, 6) is 0.445. The van der Waals surface area contributed by atoms with Gasteiger partial charge in [0.05, 0.1) is 6.61 Å². The maximum absolute atomic E-state index is 13.1. The second kappa shape index (κ2) is 9.40. The van der Waals surface area contributed by atoms with Crippen molar-refractivity contribution in [1.29, 1.82) is 0 Å². The lowest BCUT2D eigenvalue weighted by molar-refractivity contribution is 0.0479. The minimum absolute atomic E-state index is 0.0570. The van der Waals surface area contributed by atoms with E-state index in [1.165, 1.54) is 12.8 Å². The summed E-state index contributed by atoms with van der Waals surface area (Å²) in [5.41, 5.74) is 0.683. The van der Waals surface area contributed by atoms with Crippen molar-refractivity contribution in [2.75, 3.05) is 39.9 Å². The zero-order chi connectivity index (χ0) is 17.5. The number of rotatable bonds is 8. The van der Waals surface area contributed by atoms with E-state index >= 15 is 0 Å². The van der Waals surface area contributed by atoms with Crippen LogP contribution in [0.4, 0.5) is 0 Å². The van der Waals surface area contributed by atoms with Crippen LogP contribution in [0.5, 0.6) is 0 Å². The fourth-order valence-electron chi connectivity index (χ4n) is 3.26. The lowest BCUT2D eigenvalue weighted by Crippen LogP contribution is -2.50. The van der Waals surface area contributed by atoms with Crippen LogP contribution in [-0.2, 0) is 4.74 Å². The van der Waals surface area contributed by atoms with Crippen LogP contribution in [0.2, 0.25) is 5.02 Å². The first-order valence-electron chi connectivity index (χ1n) is 8.80. The molecule has 4 nitrogen and oxygen atoms in total. The number of carbonyl (C=O) groups excluding carboxylic acids is 1. The third-order valence-corrected chi connectivity index (χ3v) is 4.95. The molecule has 1 aromatic rings. The Balaban J connectivity index is 2.19. The molecule has 0 bridgehead atoms. The number of hydrogen-bond donors (Lipinski definition) is 0. The topological polar surface area (TPSA) is 32.8 Å². The van der Waals surface area contributed by atoms with Crippen molar-refractivity contribution in [1.82, 2.24) is 9.80 Å². The Kier molecular flexibility index (Phi) is 7.53. The van der Waals surface area contributed by atoms with Gasteiger partial charge < -0.3 is 14.5 Å². The fourth-order valence-corrected chi connectivity index (χ4v) is 3.39. The van der Waals surface area contributed by atoms with E-state index in [9.17, 15) is 4.79 Å². The maximum atomic E-state index is 13.1. The molecule has 1 aliphatic rings. The summed E-state index contributed by atoms with van der Waals surface area (Å²) in [6, 6.07) is 7.33. The Hall–Kier alpha value is -1.10. The second-order valence-corrected chi connectivity index (χ2v) is 7.25. The van der Waals surface area contributed by atoms with Gasteiger partial charge in [0, 0.05) is 36.8 Å². The third kappa shape index (κ3) is 5.20. The minimum Gasteiger partial charge on any atom is -0.383 e. The van der Waals surface area contributed by atoms with E-state index in [0.29, 0.717) is 29.7 Å². The van der Waals surface area contributed by atoms with Crippen LogP contribution in [0.3, 0.4) is 0 Å². The second-order valence-electron chi connectivity index (χ2n) is 6.82. The molecular formula is C19H29ClN2O2. The Morgan fingerprint density at radius 1 is 1.25 bits per heavy atom. The van der Waals surface area contributed by atoms with E-state index in [0.717, 1.165) is 19.6 Å². The molecule has 1 atom stereocenters. The van der Waals surface area contributed by atoms with Gasteiger partial charge in [-0.1, -0.05) is 25.4 Å². The molecule has 134 valence electrons. The van der Waals surface area contributed by atoms with E-state index in [1.807, 2.05) is 4.90 Å². The molecule has 24 heavy (non-hydrogen) atoms. The molecule has 0 saturated carbocycles. The lowest BCUT2D eigenvalue weighted by Gasteiger charge is -2.37. The largest absolute Gasteiger partial charge is 0.383 e. The zero-order valence-corrected chi connectivity index (χ0v) is 15.8.